The molecular weight excluding hydrogens is 398 g/mol. The fourth-order valence-electron chi connectivity index (χ4n) is 5.13. The van der Waals surface area contributed by atoms with Crippen molar-refractivity contribution in [2.75, 3.05) is 26.7 Å². The van der Waals surface area contributed by atoms with E-state index in [-0.39, 0.29) is 6.61 Å². The van der Waals surface area contributed by atoms with Crippen LogP contribution in [0.2, 0.25) is 0 Å². The number of benzene rings is 2. The zero-order valence-electron chi connectivity index (χ0n) is 18.9. The molecule has 0 atom stereocenters. The summed E-state index contributed by atoms with van der Waals surface area (Å²) in [5, 5.41) is 11.9. The van der Waals surface area contributed by atoms with E-state index < -0.39 is 0 Å². The molecule has 0 unspecified atom stereocenters. The van der Waals surface area contributed by atoms with Gasteiger partial charge in [0.1, 0.15) is 5.75 Å². The van der Waals surface area contributed by atoms with Crippen molar-refractivity contribution in [1.29, 1.82) is 0 Å². The maximum atomic E-state index is 9.41. The number of aryl methyl sites for hydroxylation is 1. The average Bonchev–Trinajstić information content (AvgIpc) is 3.45. The zero-order chi connectivity index (χ0) is 21.9. The number of hydrogen-bond acceptors (Lipinski definition) is 3. The van der Waals surface area contributed by atoms with Crippen molar-refractivity contribution in [1.82, 2.24) is 14.9 Å². The van der Waals surface area contributed by atoms with Crippen molar-refractivity contribution in [2.45, 2.75) is 44.6 Å². The molecule has 0 spiro atoms. The van der Waals surface area contributed by atoms with Gasteiger partial charge in [0.15, 0.2) is 0 Å². The summed E-state index contributed by atoms with van der Waals surface area (Å²) >= 11 is 0. The number of aromatic nitrogens is 2. The molecular formula is C27H33N3O2. The highest BCUT2D eigenvalue weighted by atomic mass is 16.5. The number of aliphatic hydroxyl groups excluding tert-OH is 1. The van der Waals surface area contributed by atoms with Gasteiger partial charge in [0.05, 0.1) is 13.7 Å². The normalized spacial score (nSPS) is 15.7. The van der Waals surface area contributed by atoms with Crippen LogP contribution in [0.1, 0.15) is 48.4 Å². The predicted octanol–water partition coefficient (Wildman–Crippen LogP) is 5.35. The van der Waals surface area contributed by atoms with Crippen molar-refractivity contribution in [3.8, 4) is 5.75 Å². The molecule has 2 aromatic carbocycles. The van der Waals surface area contributed by atoms with Gasteiger partial charge in [0.25, 0.3) is 0 Å². The minimum Gasteiger partial charge on any atom is -0.497 e. The molecule has 1 fully saturated rings. The first-order valence-corrected chi connectivity index (χ1v) is 11.8. The molecule has 32 heavy (non-hydrogen) atoms. The quantitative estimate of drug-likeness (QED) is 0.329. The number of unbranched alkanes of at least 4 members (excludes halogenated alkanes) is 1. The van der Waals surface area contributed by atoms with Gasteiger partial charge in [-0.05, 0) is 99.3 Å². The standard InChI is InChI=1S/C27H33N3O2/c1-32-23-6-8-25-22(15-23)16-27(29-25)20-9-12-30(13-10-20)11-3-2-4-21-17-28-26-7-5-19(18-31)14-24(21)26/h5-8,14-17,20,28-29,31H,2-4,9-13,18H2,1H3. The number of piperidine rings is 1. The minimum atomic E-state index is 0.100. The highest BCUT2D eigenvalue weighted by molar-refractivity contribution is 5.84. The Labute approximate surface area is 189 Å². The Morgan fingerprint density at radius 1 is 1.03 bits per heavy atom. The number of hydrogen-bond donors (Lipinski definition) is 3. The van der Waals surface area contributed by atoms with Crippen LogP contribution >= 0.6 is 0 Å². The van der Waals surface area contributed by atoms with Crippen molar-refractivity contribution in [3.05, 3.63) is 65.5 Å². The maximum Gasteiger partial charge on any atom is 0.119 e. The highest BCUT2D eigenvalue weighted by Crippen LogP contribution is 2.31. The van der Waals surface area contributed by atoms with E-state index in [2.05, 4.69) is 51.4 Å². The zero-order valence-corrected chi connectivity index (χ0v) is 18.9. The van der Waals surface area contributed by atoms with Crippen LogP contribution in [0.3, 0.4) is 0 Å². The van der Waals surface area contributed by atoms with Gasteiger partial charge in [-0.3, -0.25) is 0 Å². The van der Waals surface area contributed by atoms with Crippen molar-refractivity contribution in [3.63, 3.8) is 0 Å². The molecule has 0 bridgehead atoms. The lowest BCUT2D eigenvalue weighted by molar-refractivity contribution is 0.208. The Balaban J connectivity index is 1.10. The summed E-state index contributed by atoms with van der Waals surface area (Å²) in [4.78, 5) is 9.62. The SMILES string of the molecule is COc1ccc2[nH]c(C3CCN(CCCCc4c[nH]c5ccc(CO)cc45)CC3)cc2c1. The van der Waals surface area contributed by atoms with Crippen molar-refractivity contribution in [2.24, 2.45) is 0 Å². The monoisotopic (exact) mass is 431 g/mol. The number of nitrogens with zero attached hydrogens (tertiary/aromatic N) is 1. The topological polar surface area (TPSA) is 64.3 Å². The van der Waals surface area contributed by atoms with E-state index in [4.69, 9.17) is 4.74 Å². The predicted molar refractivity (Wildman–Crippen MR) is 130 cm³/mol. The summed E-state index contributed by atoms with van der Waals surface area (Å²) < 4.78 is 5.36. The second-order valence-electron chi connectivity index (χ2n) is 9.10. The molecule has 4 aromatic rings. The third-order valence-electron chi connectivity index (χ3n) is 7.06. The largest absolute Gasteiger partial charge is 0.497 e. The first-order valence-electron chi connectivity index (χ1n) is 11.8. The Hall–Kier alpha value is -2.76. The van der Waals surface area contributed by atoms with Crippen LogP contribution in [0, 0.1) is 0 Å². The average molecular weight is 432 g/mol. The van der Waals surface area contributed by atoms with E-state index in [0.29, 0.717) is 5.92 Å². The number of aromatic amines is 2. The van der Waals surface area contributed by atoms with Crippen molar-refractivity contribution >= 4 is 21.8 Å². The van der Waals surface area contributed by atoms with Gasteiger partial charge in [0, 0.05) is 39.6 Å². The number of ether oxygens (including phenoxy) is 1. The van der Waals surface area contributed by atoms with Crippen LogP contribution in [-0.2, 0) is 13.0 Å². The molecule has 0 aliphatic carbocycles. The number of methoxy groups -OCH3 is 1. The molecule has 1 saturated heterocycles. The molecule has 2 aromatic heterocycles. The van der Waals surface area contributed by atoms with E-state index in [1.54, 1.807) is 7.11 Å². The lowest BCUT2D eigenvalue weighted by Gasteiger charge is -2.31. The summed E-state index contributed by atoms with van der Waals surface area (Å²) in [5.74, 6) is 1.54. The molecule has 0 amide bonds. The summed E-state index contributed by atoms with van der Waals surface area (Å²) in [6.07, 6.45) is 8.08. The molecule has 168 valence electrons. The maximum absolute atomic E-state index is 9.41. The van der Waals surface area contributed by atoms with Crippen LogP contribution in [0.5, 0.6) is 5.75 Å². The first-order chi connectivity index (χ1) is 15.7. The second kappa shape index (κ2) is 9.39. The fourth-order valence-corrected chi connectivity index (χ4v) is 5.13. The minimum absolute atomic E-state index is 0.100. The molecule has 5 nitrogen and oxygen atoms in total. The lowest BCUT2D eigenvalue weighted by Crippen LogP contribution is -2.33. The Kier molecular flexibility index (Phi) is 6.19. The van der Waals surface area contributed by atoms with E-state index in [1.807, 2.05) is 12.1 Å². The second-order valence-corrected chi connectivity index (χ2v) is 9.10. The summed E-state index contributed by atoms with van der Waals surface area (Å²) in [7, 11) is 1.72. The molecule has 1 aliphatic heterocycles. The van der Waals surface area contributed by atoms with Crippen LogP contribution in [-0.4, -0.2) is 46.7 Å². The van der Waals surface area contributed by atoms with Gasteiger partial charge in [0.2, 0.25) is 0 Å². The molecule has 3 N–H and O–H groups in total. The smallest absolute Gasteiger partial charge is 0.119 e. The number of rotatable bonds is 8. The highest BCUT2D eigenvalue weighted by Gasteiger charge is 2.21. The van der Waals surface area contributed by atoms with E-state index in [0.717, 1.165) is 23.3 Å². The summed E-state index contributed by atoms with van der Waals surface area (Å²) in [6.45, 7) is 3.64. The van der Waals surface area contributed by atoms with Crippen LogP contribution < -0.4 is 4.74 Å². The molecule has 5 heteroatoms. The van der Waals surface area contributed by atoms with E-state index >= 15 is 0 Å². The summed E-state index contributed by atoms with van der Waals surface area (Å²) in [5.41, 5.74) is 6.08. The van der Waals surface area contributed by atoms with E-state index in [9.17, 15) is 5.11 Å². The third-order valence-corrected chi connectivity index (χ3v) is 7.06. The van der Waals surface area contributed by atoms with Crippen LogP contribution in [0.4, 0.5) is 0 Å². The third kappa shape index (κ3) is 4.41. The van der Waals surface area contributed by atoms with Gasteiger partial charge in [-0.2, -0.15) is 0 Å². The van der Waals surface area contributed by atoms with Gasteiger partial charge >= 0.3 is 0 Å². The number of likely N-dealkylation sites (tertiary alicyclic amines) is 1. The molecule has 3 heterocycles. The number of H-pyrrole nitrogens is 2. The van der Waals surface area contributed by atoms with Gasteiger partial charge in [-0.25, -0.2) is 0 Å². The Bertz CT molecular complexity index is 1180. The van der Waals surface area contributed by atoms with Gasteiger partial charge in [-0.1, -0.05) is 6.07 Å². The molecule has 0 saturated carbocycles. The first kappa shape index (κ1) is 21.1. The fraction of sp³-hybridized carbons (Fsp3) is 0.407. The van der Waals surface area contributed by atoms with Crippen molar-refractivity contribution < 1.29 is 9.84 Å². The van der Waals surface area contributed by atoms with Crippen LogP contribution in [0.15, 0.2) is 48.7 Å². The number of fused-ring (bicyclic) bond motifs is 2. The Morgan fingerprint density at radius 3 is 2.69 bits per heavy atom. The molecule has 1 aliphatic rings. The molecule has 5 rings (SSSR count). The van der Waals surface area contributed by atoms with Gasteiger partial charge in [-0.15, -0.1) is 0 Å². The molecule has 0 radical (unpaired) electrons. The number of nitrogens with one attached hydrogen (secondary N) is 2. The van der Waals surface area contributed by atoms with Gasteiger partial charge < -0.3 is 24.7 Å². The number of aliphatic hydroxyl groups is 1. The van der Waals surface area contributed by atoms with Crippen LogP contribution in [0.25, 0.3) is 21.8 Å². The Morgan fingerprint density at radius 2 is 1.88 bits per heavy atom. The summed E-state index contributed by atoms with van der Waals surface area (Å²) in [6, 6.07) is 14.7. The van der Waals surface area contributed by atoms with E-state index in [1.165, 1.54) is 72.9 Å². The lowest BCUT2D eigenvalue weighted by atomic mass is 9.93.